The van der Waals surface area contributed by atoms with Gasteiger partial charge < -0.3 is 38.6 Å². The number of ether oxygens (including phenoxy) is 6. The smallest absolute Gasteiger partial charge is 0.314 e. The summed E-state index contributed by atoms with van der Waals surface area (Å²) in [5.74, 6) is 0.00683. The number of hydrogen-bond donors (Lipinski definition) is 2. The SMILES string of the molecule is CO[C@]1(C)CO[C@@]2(C1)OC(=O)[C@H]([C@@H]1CC[C@]34C[C@]13CC[C@@H]1[C@@]3(C)CC=C5C[C@@H](c6ccc7c(c6)OCO7)OC[C@]5(C)[C@@H]3C[C@@H](O)[C@]14C)[C@H]2O. The molecular weight excluding hydrogens is 624 g/mol. The summed E-state index contributed by atoms with van der Waals surface area (Å²) < 4.78 is 35.7. The highest BCUT2D eigenvalue weighted by molar-refractivity contribution is 5.77. The molecule has 7 fully saturated rings. The lowest BCUT2D eigenvalue weighted by Crippen LogP contribution is -2.65. The zero-order chi connectivity index (χ0) is 34.0. The highest BCUT2D eigenvalue weighted by Crippen LogP contribution is 2.91. The Bertz CT molecular complexity index is 1660. The zero-order valence-corrected chi connectivity index (χ0v) is 29.6. The van der Waals surface area contributed by atoms with Crippen LogP contribution in [0.15, 0.2) is 29.8 Å². The fraction of sp³-hybridized carbons (Fsp3) is 0.775. The largest absolute Gasteiger partial charge is 0.454 e. The summed E-state index contributed by atoms with van der Waals surface area (Å²) in [4.78, 5) is 13.7. The van der Waals surface area contributed by atoms with Crippen LogP contribution in [0.5, 0.6) is 11.5 Å². The molecule has 49 heavy (non-hydrogen) atoms. The summed E-state index contributed by atoms with van der Waals surface area (Å²) in [7, 11) is 1.64. The number of esters is 1. The third-order valence-electron chi connectivity index (χ3n) is 17.0. The number of allylic oxidation sites excluding steroid dienone is 1. The normalized spacial score (nSPS) is 54.8. The molecule has 9 nitrogen and oxygen atoms in total. The minimum Gasteiger partial charge on any atom is -0.454 e. The third kappa shape index (κ3) is 3.63. The van der Waals surface area contributed by atoms with Gasteiger partial charge in [-0.1, -0.05) is 38.5 Å². The standard InChI is InChI=1S/C40H52O9/c1-34(44-5)17-40(48-19-34)32(42)31(33(43)49-40)24-9-13-39-18-38(24,39)12-10-28-35(2)11-8-23-15-26(22-6-7-25-27(14-22)47-21-46-25)45-20-36(23,3)29(35)16-30(41)37(28,39)4/h6-8,14,24,26,28-32,41-42H,9-13,15-21H2,1-5H3/t24-,26-,28+,29+,30+,31+,32+,34-,35+,36-,37-,38+,39+,40-/m0/s1. The molecule has 1 aromatic rings. The lowest BCUT2D eigenvalue weighted by molar-refractivity contribution is -0.226. The van der Waals surface area contributed by atoms with Crippen molar-refractivity contribution in [2.75, 3.05) is 27.1 Å². The molecule has 4 saturated carbocycles. The van der Waals surface area contributed by atoms with Crippen LogP contribution in [0.4, 0.5) is 0 Å². The lowest BCUT2D eigenvalue weighted by Gasteiger charge is -2.68. The monoisotopic (exact) mass is 676 g/mol. The predicted octanol–water partition coefficient (Wildman–Crippen LogP) is 5.86. The summed E-state index contributed by atoms with van der Waals surface area (Å²) in [6, 6.07) is 6.16. The summed E-state index contributed by atoms with van der Waals surface area (Å²) >= 11 is 0. The van der Waals surface area contributed by atoms with Crippen LogP contribution in [0.1, 0.15) is 97.1 Å². The summed E-state index contributed by atoms with van der Waals surface area (Å²) in [5.41, 5.74) is 1.52. The number of methoxy groups -OCH3 is 1. The zero-order valence-electron chi connectivity index (χ0n) is 29.6. The Morgan fingerprint density at radius 2 is 1.78 bits per heavy atom. The number of benzene rings is 1. The molecule has 1 aromatic carbocycles. The van der Waals surface area contributed by atoms with E-state index in [-0.39, 0.29) is 58.5 Å². The van der Waals surface area contributed by atoms with E-state index >= 15 is 0 Å². The average Bonchev–Trinajstić information content (AvgIpc) is 3.41. The second-order valence-electron chi connectivity index (χ2n) is 18.5. The van der Waals surface area contributed by atoms with Crippen LogP contribution in [0.3, 0.4) is 0 Å². The summed E-state index contributed by atoms with van der Waals surface area (Å²) in [5, 5.41) is 24.4. The predicted molar refractivity (Wildman–Crippen MR) is 176 cm³/mol. The fourth-order valence-corrected chi connectivity index (χ4v) is 14.4. The second kappa shape index (κ2) is 9.62. The van der Waals surface area contributed by atoms with Crippen molar-refractivity contribution in [1.29, 1.82) is 0 Å². The van der Waals surface area contributed by atoms with Gasteiger partial charge in [0.25, 0.3) is 0 Å². The van der Waals surface area contributed by atoms with Gasteiger partial charge in [-0.2, -0.15) is 0 Å². The van der Waals surface area contributed by atoms with Gasteiger partial charge in [0.15, 0.2) is 11.5 Å². The molecule has 1 spiro atoms. The molecule has 0 amide bonds. The van der Waals surface area contributed by atoms with Crippen molar-refractivity contribution in [3.05, 3.63) is 35.4 Å². The van der Waals surface area contributed by atoms with Crippen LogP contribution in [0, 0.1) is 50.7 Å². The molecule has 14 atom stereocenters. The van der Waals surface area contributed by atoms with Gasteiger partial charge in [-0.15, -0.1) is 0 Å². The van der Waals surface area contributed by atoms with E-state index in [1.165, 1.54) is 5.57 Å². The van der Waals surface area contributed by atoms with Gasteiger partial charge in [-0.05, 0) is 110 Å². The Morgan fingerprint density at radius 1 is 0.959 bits per heavy atom. The van der Waals surface area contributed by atoms with Gasteiger partial charge in [0.05, 0.1) is 36.9 Å². The molecule has 9 heteroatoms. The molecule has 3 saturated heterocycles. The maximum absolute atomic E-state index is 13.7. The number of carbonyl (C=O) groups is 1. The van der Waals surface area contributed by atoms with Crippen molar-refractivity contribution in [3.63, 3.8) is 0 Å². The number of fused-ring (bicyclic) bond motifs is 6. The number of aliphatic hydroxyl groups excluding tert-OH is 2. The van der Waals surface area contributed by atoms with Crippen molar-refractivity contribution in [3.8, 4) is 11.5 Å². The molecule has 9 aliphatic rings. The van der Waals surface area contributed by atoms with E-state index in [2.05, 4.69) is 39.0 Å². The van der Waals surface area contributed by atoms with E-state index in [1.54, 1.807) is 7.11 Å². The molecule has 0 aromatic heterocycles. The highest BCUT2D eigenvalue weighted by Gasteiger charge is 2.87. The van der Waals surface area contributed by atoms with E-state index in [0.717, 1.165) is 68.4 Å². The molecule has 2 N–H and O–H groups in total. The molecule has 0 unspecified atom stereocenters. The third-order valence-corrected chi connectivity index (χ3v) is 17.0. The maximum Gasteiger partial charge on any atom is 0.314 e. The topological polar surface area (TPSA) is 113 Å². The highest BCUT2D eigenvalue weighted by atomic mass is 16.7. The van der Waals surface area contributed by atoms with Crippen LogP contribution in [-0.4, -0.2) is 66.9 Å². The Hall–Kier alpha value is -2.17. The molecule has 5 aliphatic carbocycles. The molecule has 266 valence electrons. The van der Waals surface area contributed by atoms with Crippen LogP contribution >= 0.6 is 0 Å². The Labute approximate surface area is 289 Å². The van der Waals surface area contributed by atoms with Crippen molar-refractivity contribution in [2.24, 2.45) is 50.7 Å². The molecule has 4 heterocycles. The minimum absolute atomic E-state index is 0.0253. The van der Waals surface area contributed by atoms with E-state index < -0.39 is 29.5 Å². The molecule has 4 aliphatic heterocycles. The average molecular weight is 677 g/mol. The van der Waals surface area contributed by atoms with Crippen LogP contribution in [0.25, 0.3) is 0 Å². The van der Waals surface area contributed by atoms with E-state index in [1.807, 2.05) is 13.0 Å². The Kier molecular flexibility index (Phi) is 6.20. The van der Waals surface area contributed by atoms with Crippen molar-refractivity contribution < 1.29 is 43.4 Å². The number of hydrogen-bond acceptors (Lipinski definition) is 9. The van der Waals surface area contributed by atoms with Crippen LogP contribution < -0.4 is 9.47 Å². The number of carbonyl (C=O) groups excluding carboxylic acids is 1. The Morgan fingerprint density at radius 3 is 2.57 bits per heavy atom. The summed E-state index contributed by atoms with van der Waals surface area (Å²) in [6.45, 7) is 10.4. The minimum atomic E-state index is -1.33. The van der Waals surface area contributed by atoms with Gasteiger partial charge in [-0.25, -0.2) is 0 Å². The maximum atomic E-state index is 13.7. The number of rotatable bonds is 3. The first-order valence-corrected chi connectivity index (χ1v) is 18.8. The van der Waals surface area contributed by atoms with Crippen LogP contribution in [-0.2, 0) is 23.7 Å². The van der Waals surface area contributed by atoms with Crippen LogP contribution in [0.2, 0.25) is 0 Å². The first kappa shape index (κ1) is 31.6. The molecule has 10 rings (SSSR count). The lowest BCUT2D eigenvalue weighted by atomic mass is 9.37. The van der Waals surface area contributed by atoms with Gasteiger partial charge in [0.2, 0.25) is 12.6 Å². The fourth-order valence-electron chi connectivity index (χ4n) is 14.4. The molecular formula is C40H52O9. The number of aliphatic hydroxyl groups is 2. The van der Waals surface area contributed by atoms with E-state index in [9.17, 15) is 15.0 Å². The van der Waals surface area contributed by atoms with E-state index in [4.69, 9.17) is 28.4 Å². The van der Waals surface area contributed by atoms with Gasteiger partial charge >= 0.3 is 5.97 Å². The molecule has 0 bridgehead atoms. The van der Waals surface area contributed by atoms with Gasteiger partial charge in [0, 0.05) is 24.4 Å². The van der Waals surface area contributed by atoms with E-state index in [0.29, 0.717) is 24.9 Å². The Balaban J connectivity index is 0.933. The van der Waals surface area contributed by atoms with Gasteiger partial charge in [0.1, 0.15) is 6.10 Å². The first-order chi connectivity index (χ1) is 23.3. The van der Waals surface area contributed by atoms with Crippen molar-refractivity contribution >= 4 is 5.97 Å². The van der Waals surface area contributed by atoms with Crippen molar-refractivity contribution in [2.45, 2.75) is 115 Å². The summed E-state index contributed by atoms with van der Waals surface area (Å²) in [6.07, 6.45) is 8.96. The quantitative estimate of drug-likeness (QED) is 0.300. The van der Waals surface area contributed by atoms with Gasteiger partial charge in [-0.3, -0.25) is 4.79 Å². The van der Waals surface area contributed by atoms with Crippen molar-refractivity contribution in [1.82, 2.24) is 0 Å². The molecule has 0 radical (unpaired) electrons. The first-order valence-electron chi connectivity index (χ1n) is 18.8. The second-order valence-corrected chi connectivity index (χ2v) is 18.5.